The Bertz CT molecular complexity index is 326. The Balaban J connectivity index is 2.73. The SMILES string of the molecule is C=CCCCC1=C(OC(C)=O)CCCC1=O. The van der Waals surface area contributed by atoms with Crippen molar-refractivity contribution in [2.45, 2.75) is 45.4 Å². The van der Waals surface area contributed by atoms with Gasteiger partial charge in [-0.2, -0.15) is 0 Å². The van der Waals surface area contributed by atoms with Gasteiger partial charge in [0.1, 0.15) is 5.76 Å². The van der Waals surface area contributed by atoms with Gasteiger partial charge >= 0.3 is 5.97 Å². The minimum absolute atomic E-state index is 0.131. The molecule has 0 aliphatic heterocycles. The number of esters is 1. The van der Waals surface area contributed by atoms with Crippen LogP contribution in [0.25, 0.3) is 0 Å². The molecule has 0 bridgehead atoms. The average molecular weight is 222 g/mol. The quantitative estimate of drug-likeness (QED) is 0.408. The Labute approximate surface area is 96.2 Å². The van der Waals surface area contributed by atoms with Crippen LogP contribution in [0.15, 0.2) is 24.0 Å². The van der Waals surface area contributed by atoms with Crippen molar-refractivity contribution in [1.82, 2.24) is 0 Å². The largest absolute Gasteiger partial charge is 0.431 e. The zero-order valence-corrected chi connectivity index (χ0v) is 9.75. The number of carbonyl (C=O) groups is 2. The highest BCUT2D eigenvalue weighted by atomic mass is 16.5. The van der Waals surface area contributed by atoms with E-state index >= 15 is 0 Å². The minimum atomic E-state index is -0.342. The van der Waals surface area contributed by atoms with Gasteiger partial charge in [0.15, 0.2) is 5.78 Å². The van der Waals surface area contributed by atoms with E-state index in [0.29, 0.717) is 30.6 Å². The Morgan fingerprint density at radius 2 is 2.25 bits per heavy atom. The highest BCUT2D eigenvalue weighted by molar-refractivity contribution is 5.96. The van der Waals surface area contributed by atoms with Gasteiger partial charge in [0.2, 0.25) is 0 Å². The third kappa shape index (κ3) is 3.65. The van der Waals surface area contributed by atoms with Crippen LogP contribution in [0, 0.1) is 0 Å². The molecule has 0 atom stereocenters. The monoisotopic (exact) mass is 222 g/mol. The summed E-state index contributed by atoms with van der Waals surface area (Å²) in [6.45, 7) is 5.01. The van der Waals surface area contributed by atoms with Gasteiger partial charge in [0.25, 0.3) is 0 Å². The van der Waals surface area contributed by atoms with Crippen LogP contribution < -0.4 is 0 Å². The van der Waals surface area contributed by atoms with E-state index in [2.05, 4.69) is 6.58 Å². The van der Waals surface area contributed by atoms with Crippen LogP contribution >= 0.6 is 0 Å². The summed E-state index contributed by atoms with van der Waals surface area (Å²) in [7, 11) is 0. The molecule has 0 amide bonds. The number of Topliss-reactive ketones (excluding diaryl/α,β-unsaturated/α-hetero) is 1. The second-order valence-corrected chi connectivity index (χ2v) is 3.95. The van der Waals surface area contributed by atoms with Crippen molar-refractivity contribution < 1.29 is 14.3 Å². The van der Waals surface area contributed by atoms with Gasteiger partial charge in [-0.25, -0.2) is 0 Å². The first-order chi connectivity index (χ1) is 7.65. The lowest BCUT2D eigenvalue weighted by Crippen LogP contribution is -2.15. The summed E-state index contributed by atoms with van der Waals surface area (Å²) in [5, 5.41) is 0. The van der Waals surface area contributed by atoms with Crippen molar-refractivity contribution >= 4 is 11.8 Å². The standard InChI is InChI=1S/C13H18O3/c1-3-4-5-7-11-12(15)8-6-9-13(11)16-10(2)14/h3H,1,4-9H2,2H3. The lowest BCUT2D eigenvalue weighted by Gasteiger charge is -2.18. The molecule has 0 heterocycles. The normalized spacial score (nSPS) is 16.2. The molecule has 1 rings (SSSR count). The highest BCUT2D eigenvalue weighted by Gasteiger charge is 2.22. The molecule has 16 heavy (non-hydrogen) atoms. The van der Waals surface area contributed by atoms with Crippen molar-refractivity contribution in [2.24, 2.45) is 0 Å². The van der Waals surface area contributed by atoms with Crippen molar-refractivity contribution in [2.75, 3.05) is 0 Å². The Hall–Kier alpha value is -1.38. The molecule has 0 aromatic heterocycles. The molecule has 0 N–H and O–H groups in total. The molecule has 0 saturated carbocycles. The summed E-state index contributed by atoms with van der Waals surface area (Å²) >= 11 is 0. The summed E-state index contributed by atoms with van der Waals surface area (Å²) in [5.41, 5.74) is 0.711. The number of ketones is 1. The van der Waals surface area contributed by atoms with Crippen molar-refractivity contribution in [1.29, 1.82) is 0 Å². The molecule has 0 aromatic carbocycles. The third-order valence-corrected chi connectivity index (χ3v) is 2.58. The van der Waals surface area contributed by atoms with E-state index in [1.807, 2.05) is 6.08 Å². The molecule has 0 saturated heterocycles. The van der Waals surface area contributed by atoms with Crippen molar-refractivity contribution in [3.8, 4) is 0 Å². The van der Waals surface area contributed by atoms with Crippen LogP contribution in [0.3, 0.4) is 0 Å². The molecule has 0 fully saturated rings. The van der Waals surface area contributed by atoms with E-state index in [4.69, 9.17) is 4.74 Å². The summed E-state index contributed by atoms with van der Waals surface area (Å²) in [5.74, 6) is 0.380. The molecule has 3 nitrogen and oxygen atoms in total. The maximum absolute atomic E-state index is 11.7. The summed E-state index contributed by atoms with van der Waals surface area (Å²) in [6, 6.07) is 0. The van der Waals surface area contributed by atoms with Crippen LogP contribution in [-0.4, -0.2) is 11.8 Å². The predicted molar refractivity (Wildman–Crippen MR) is 61.7 cm³/mol. The van der Waals surface area contributed by atoms with E-state index in [1.165, 1.54) is 6.92 Å². The van der Waals surface area contributed by atoms with Crippen LogP contribution in [0.5, 0.6) is 0 Å². The van der Waals surface area contributed by atoms with Gasteiger partial charge in [-0.05, 0) is 25.7 Å². The zero-order chi connectivity index (χ0) is 12.0. The highest BCUT2D eigenvalue weighted by Crippen LogP contribution is 2.26. The number of rotatable bonds is 5. The summed E-state index contributed by atoms with van der Waals surface area (Å²) in [4.78, 5) is 22.6. The maximum Gasteiger partial charge on any atom is 0.307 e. The number of unbranched alkanes of at least 4 members (excludes halogenated alkanes) is 1. The third-order valence-electron chi connectivity index (χ3n) is 2.58. The number of carbonyl (C=O) groups excluding carboxylic acids is 2. The summed E-state index contributed by atoms with van der Waals surface area (Å²) < 4.78 is 5.10. The van der Waals surface area contributed by atoms with Gasteiger partial charge in [-0.3, -0.25) is 9.59 Å². The smallest absolute Gasteiger partial charge is 0.307 e. The lowest BCUT2D eigenvalue weighted by molar-refractivity contribution is -0.137. The fourth-order valence-electron chi connectivity index (χ4n) is 1.85. The van der Waals surface area contributed by atoms with E-state index in [-0.39, 0.29) is 11.8 Å². The molecule has 1 aliphatic carbocycles. The Morgan fingerprint density at radius 1 is 1.50 bits per heavy atom. The van der Waals surface area contributed by atoms with Crippen molar-refractivity contribution in [3.05, 3.63) is 24.0 Å². The second kappa shape index (κ2) is 6.26. The van der Waals surface area contributed by atoms with Gasteiger partial charge < -0.3 is 4.74 Å². The fraction of sp³-hybridized carbons (Fsp3) is 0.538. The summed E-state index contributed by atoms with van der Waals surface area (Å²) in [6.07, 6.45) is 6.35. The fourth-order valence-corrected chi connectivity index (χ4v) is 1.85. The molecular weight excluding hydrogens is 204 g/mol. The molecule has 0 unspecified atom stereocenters. The molecule has 0 radical (unpaired) electrons. The van der Waals surface area contributed by atoms with Crippen LogP contribution in [0.1, 0.15) is 45.4 Å². The van der Waals surface area contributed by atoms with E-state index < -0.39 is 0 Å². The van der Waals surface area contributed by atoms with Crippen LogP contribution in [-0.2, 0) is 14.3 Å². The maximum atomic E-state index is 11.7. The number of allylic oxidation sites excluding steroid dienone is 3. The molecule has 0 spiro atoms. The lowest BCUT2D eigenvalue weighted by atomic mass is 9.92. The minimum Gasteiger partial charge on any atom is -0.431 e. The first-order valence-corrected chi connectivity index (χ1v) is 5.69. The molecule has 0 aromatic rings. The number of hydrogen-bond donors (Lipinski definition) is 0. The van der Waals surface area contributed by atoms with Gasteiger partial charge in [-0.15, -0.1) is 6.58 Å². The molecule has 88 valence electrons. The van der Waals surface area contributed by atoms with Gasteiger partial charge in [-0.1, -0.05) is 6.08 Å². The first-order valence-electron chi connectivity index (χ1n) is 5.69. The zero-order valence-electron chi connectivity index (χ0n) is 9.75. The van der Waals surface area contributed by atoms with E-state index in [9.17, 15) is 9.59 Å². The molecular formula is C13H18O3. The number of ether oxygens (including phenoxy) is 1. The Morgan fingerprint density at radius 3 is 2.88 bits per heavy atom. The van der Waals surface area contributed by atoms with Crippen LogP contribution in [0.2, 0.25) is 0 Å². The van der Waals surface area contributed by atoms with Gasteiger partial charge in [0.05, 0.1) is 0 Å². The Kier molecular flexibility index (Phi) is 4.96. The number of hydrogen-bond acceptors (Lipinski definition) is 3. The first kappa shape index (κ1) is 12.7. The topological polar surface area (TPSA) is 43.4 Å². The van der Waals surface area contributed by atoms with E-state index in [0.717, 1.165) is 19.3 Å². The molecule has 1 aliphatic rings. The second-order valence-electron chi connectivity index (χ2n) is 3.95. The van der Waals surface area contributed by atoms with Gasteiger partial charge in [0, 0.05) is 25.3 Å². The van der Waals surface area contributed by atoms with Crippen molar-refractivity contribution in [3.63, 3.8) is 0 Å². The van der Waals surface area contributed by atoms with Crippen LogP contribution in [0.4, 0.5) is 0 Å². The average Bonchev–Trinajstić information content (AvgIpc) is 2.21. The molecule has 3 heteroatoms. The predicted octanol–water partition coefficient (Wildman–Crippen LogP) is 2.91. The van der Waals surface area contributed by atoms with E-state index in [1.54, 1.807) is 0 Å².